The van der Waals surface area contributed by atoms with Gasteiger partial charge in [0.1, 0.15) is 5.69 Å². The lowest BCUT2D eigenvalue weighted by Crippen LogP contribution is -2.26. The second-order valence-corrected chi connectivity index (χ2v) is 7.99. The zero-order valence-corrected chi connectivity index (χ0v) is 17.3. The number of hydrogen-bond donors (Lipinski definition) is 1. The van der Waals surface area contributed by atoms with Crippen LogP contribution in [0.3, 0.4) is 0 Å². The molecule has 1 heterocycles. The van der Waals surface area contributed by atoms with Crippen molar-refractivity contribution in [3.8, 4) is 0 Å². The van der Waals surface area contributed by atoms with Crippen LogP contribution >= 0.6 is 22.6 Å². The number of carbonyl (C=O) groups is 1. The van der Waals surface area contributed by atoms with Crippen molar-refractivity contribution in [1.29, 1.82) is 0 Å². The SMILES string of the molecule is CCc1nn(CC)c(C(=O)NCc2ccc(C(C)(C)C)cc2)c1I. The molecule has 0 aliphatic carbocycles. The standard InChI is InChI=1S/C19H26IN3O/c1-6-15-16(20)17(23(7-2)22-15)18(24)21-12-13-8-10-14(11-9-13)19(3,4)5/h8-11H,6-7,12H2,1-5H3,(H,21,24). The molecule has 1 N–H and O–H groups in total. The van der Waals surface area contributed by atoms with Gasteiger partial charge in [0.2, 0.25) is 0 Å². The van der Waals surface area contributed by atoms with Crippen molar-refractivity contribution >= 4 is 28.5 Å². The van der Waals surface area contributed by atoms with Crippen LogP contribution < -0.4 is 5.32 Å². The van der Waals surface area contributed by atoms with Crippen LogP contribution in [0.25, 0.3) is 0 Å². The number of halogens is 1. The number of aryl methyl sites for hydroxylation is 2. The molecule has 4 nitrogen and oxygen atoms in total. The molecule has 1 amide bonds. The zero-order valence-electron chi connectivity index (χ0n) is 15.1. The molecular formula is C19H26IN3O. The molecule has 2 rings (SSSR count). The van der Waals surface area contributed by atoms with Gasteiger partial charge in [0, 0.05) is 13.1 Å². The maximum atomic E-state index is 12.6. The first-order valence-electron chi connectivity index (χ1n) is 8.40. The number of aromatic nitrogens is 2. The summed E-state index contributed by atoms with van der Waals surface area (Å²) in [4.78, 5) is 12.6. The van der Waals surface area contributed by atoms with Gasteiger partial charge in [-0.1, -0.05) is 52.0 Å². The van der Waals surface area contributed by atoms with E-state index in [1.165, 1.54) is 5.56 Å². The van der Waals surface area contributed by atoms with E-state index < -0.39 is 0 Å². The zero-order chi connectivity index (χ0) is 17.9. The number of carbonyl (C=O) groups excluding carboxylic acids is 1. The van der Waals surface area contributed by atoms with Gasteiger partial charge in [-0.25, -0.2) is 0 Å². The summed E-state index contributed by atoms with van der Waals surface area (Å²) in [5.41, 5.74) is 4.19. The molecule has 5 heteroatoms. The lowest BCUT2D eigenvalue weighted by atomic mass is 9.87. The van der Waals surface area contributed by atoms with E-state index in [2.05, 4.69) is 85.0 Å². The van der Waals surface area contributed by atoms with Gasteiger partial charge < -0.3 is 5.32 Å². The first kappa shape index (κ1) is 19.0. The average Bonchev–Trinajstić information content (AvgIpc) is 2.88. The average molecular weight is 439 g/mol. The third kappa shape index (κ3) is 4.18. The summed E-state index contributed by atoms with van der Waals surface area (Å²) in [6, 6.07) is 8.44. The molecule has 0 radical (unpaired) electrons. The minimum Gasteiger partial charge on any atom is -0.347 e. The van der Waals surface area contributed by atoms with Crippen molar-refractivity contribution < 1.29 is 4.79 Å². The molecule has 0 saturated carbocycles. The van der Waals surface area contributed by atoms with Gasteiger partial charge in [-0.2, -0.15) is 5.10 Å². The predicted molar refractivity (Wildman–Crippen MR) is 106 cm³/mol. The molecule has 1 aromatic carbocycles. The highest BCUT2D eigenvalue weighted by molar-refractivity contribution is 14.1. The molecule has 0 fully saturated rings. The Morgan fingerprint density at radius 3 is 2.33 bits per heavy atom. The van der Waals surface area contributed by atoms with Gasteiger partial charge in [0.25, 0.3) is 5.91 Å². The van der Waals surface area contributed by atoms with Crippen LogP contribution in [0.15, 0.2) is 24.3 Å². The van der Waals surface area contributed by atoms with Crippen LogP contribution in [0, 0.1) is 3.57 Å². The molecular weight excluding hydrogens is 413 g/mol. The number of hydrogen-bond acceptors (Lipinski definition) is 2. The van der Waals surface area contributed by atoms with E-state index in [1.54, 1.807) is 4.68 Å². The number of nitrogens with zero attached hydrogens (tertiary/aromatic N) is 2. The quantitative estimate of drug-likeness (QED) is 0.707. The maximum Gasteiger partial charge on any atom is 0.270 e. The highest BCUT2D eigenvalue weighted by atomic mass is 127. The van der Waals surface area contributed by atoms with Crippen molar-refractivity contribution in [3.63, 3.8) is 0 Å². The number of nitrogens with one attached hydrogen (secondary N) is 1. The van der Waals surface area contributed by atoms with Gasteiger partial charge in [0.15, 0.2) is 0 Å². The van der Waals surface area contributed by atoms with E-state index in [0.717, 1.165) is 21.2 Å². The Balaban J connectivity index is 2.10. The van der Waals surface area contributed by atoms with Crippen LogP contribution in [0.2, 0.25) is 0 Å². The molecule has 130 valence electrons. The van der Waals surface area contributed by atoms with Gasteiger partial charge in [-0.15, -0.1) is 0 Å². The molecule has 0 spiro atoms. The fourth-order valence-electron chi connectivity index (χ4n) is 2.55. The van der Waals surface area contributed by atoms with E-state index in [9.17, 15) is 4.79 Å². The topological polar surface area (TPSA) is 46.9 Å². The molecule has 0 unspecified atom stereocenters. The summed E-state index contributed by atoms with van der Waals surface area (Å²) >= 11 is 2.22. The van der Waals surface area contributed by atoms with Crippen LogP contribution in [0.5, 0.6) is 0 Å². The summed E-state index contributed by atoms with van der Waals surface area (Å²) in [7, 11) is 0. The minimum absolute atomic E-state index is 0.0617. The Bertz CT molecular complexity index is 711. The third-order valence-electron chi connectivity index (χ3n) is 4.08. The summed E-state index contributed by atoms with van der Waals surface area (Å²) in [5, 5.41) is 7.53. The first-order chi connectivity index (χ1) is 11.3. The van der Waals surface area contributed by atoms with Crippen molar-refractivity contribution in [2.45, 2.75) is 59.5 Å². The largest absolute Gasteiger partial charge is 0.347 e. The molecule has 1 aromatic heterocycles. The summed E-state index contributed by atoms with van der Waals surface area (Å²) in [6.45, 7) is 11.9. The van der Waals surface area contributed by atoms with Crippen LogP contribution in [0.1, 0.15) is 61.9 Å². The number of rotatable bonds is 5. The molecule has 0 aliphatic heterocycles. The van der Waals surface area contributed by atoms with E-state index in [-0.39, 0.29) is 11.3 Å². The Morgan fingerprint density at radius 2 is 1.83 bits per heavy atom. The van der Waals surface area contributed by atoms with Gasteiger partial charge in [-0.3, -0.25) is 9.48 Å². The summed E-state index contributed by atoms with van der Waals surface area (Å²) in [5.74, 6) is -0.0617. The Hall–Kier alpha value is -1.37. The Morgan fingerprint density at radius 1 is 1.21 bits per heavy atom. The predicted octanol–water partition coefficient (Wildman–Crippen LogP) is 4.30. The monoisotopic (exact) mass is 439 g/mol. The Labute approximate surface area is 158 Å². The molecule has 0 saturated heterocycles. The van der Waals surface area contributed by atoms with Crippen molar-refractivity contribution in [1.82, 2.24) is 15.1 Å². The third-order valence-corrected chi connectivity index (χ3v) is 5.22. The molecule has 0 bridgehead atoms. The minimum atomic E-state index is -0.0617. The summed E-state index contributed by atoms with van der Waals surface area (Å²) in [6.07, 6.45) is 0.833. The van der Waals surface area contributed by atoms with Gasteiger partial charge in [0.05, 0.1) is 9.26 Å². The van der Waals surface area contributed by atoms with Crippen molar-refractivity contribution in [3.05, 3.63) is 50.4 Å². The molecule has 2 aromatic rings. The highest BCUT2D eigenvalue weighted by Gasteiger charge is 2.20. The fraction of sp³-hybridized carbons (Fsp3) is 0.474. The number of amides is 1. The smallest absolute Gasteiger partial charge is 0.270 e. The normalized spacial score (nSPS) is 11.6. The maximum absolute atomic E-state index is 12.6. The van der Waals surface area contributed by atoms with E-state index in [4.69, 9.17) is 0 Å². The fourth-order valence-corrected chi connectivity index (χ4v) is 3.56. The second kappa shape index (κ2) is 7.68. The molecule has 24 heavy (non-hydrogen) atoms. The summed E-state index contributed by atoms with van der Waals surface area (Å²) < 4.78 is 2.75. The Kier molecular flexibility index (Phi) is 6.06. The highest BCUT2D eigenvalue weighted by Crippen LogP contribution is 2.22. The van der Waals surface area contributed by atoms with E-state index in [0.29, 0.717) is 18.8 Å². The lowest BCUT2D eigenvalue weighted by Gasteiger charge is -2.19. The van der Waals surface area contributed by atoms with Crippen molar-refractivity contribution in [2.75, 3.05) is 0 Å². The second-order valence-electron chi connectivity index (χ2n) is 6.91. The van der Waals surface area contributed by atoms with Crippen LogP contribution in [0.4, 0.5) is 0 Å². The van der Waals surface area contributed by atoms with Crippen LogP contribution in [-0.4, -0.2) is 15.7 Å². The van der Waals surface area contributed by atoms with E-state index >= 15 is 0 Å². The van der Waals surface area contributed by atoms with E-state index in [1.807, 2.05) is 6.92 Å². The number of benzene rings is 1. The van der Waals surface area contributed by atoms with Gasteiger partial charge >= 0.3 is 0 Å². The lowest BCUT2D eigenvalue weighted by molar-refractivity contribution is 0.0939. The molecule has 0 aliphatic rings. The van der Waals surface area contributed by atoms with Gasteiger partial charge in [-0.05, 0) is 52.5 Å². The van der Waals surface area contributed by atoms with Crippen LogP contribution in [-0.2, 0) is 24.9 Å². The van der Waals surface area contributed by atoms with Crippen molar-refractivity contribution in [2.24, 2.45) is 0 Å². The molecule has 0 atom stereocenters. The first-order valence-corrected chi connectivity index (χ1v) is 9.48.